The summed E-state index contributed by atoms with van der Waals surface area (Å²) in [6, 6.07) is 21.3. The summed E-state index contributed by atoms with van der Waals surface area (Å²) < 4.78 is 5.61. The van der Waals surface area contributed by atoms with Gasteiger partial charge in [-0.15, -0.1) is 0 Å². The Bertz CT molecular complexity index is 1470. The molecule has 9 heteroatoms. The predicted molar refractivity (Wildman–Crippen MR) is 164 cm³/mol. The standard InChI is InChI=1S/C33H35Cl2N3O4/c1-33(2,3)42-32(41)37-18-16-23(20-37)38-29(26-14-13-22(34)19-27(26)35)28(24-11-7-8-12-25(24)31(38)40)30(39)36-17-15-21-9-5-4-6-10-21/h4-14,19,23,28-29H,15-18,20H2,1-3H3,(H,36,39)/t23-,28?,29?/m0/s1. The highest BCUT2D eigenvalue weighted by Crippen LogP contribution is 2.47. The molecule has 220 valence electrons. The van der Waals surface area contributed by atoms with Gasteiger partial charge in [-0.2, -0.15) is 0 Å². The number of hydrogen-bond acceptors (Lipinski definition) is 4. The molecule has 2 aliphatic heterocycles. The molecule has 7 nitrogen and oxygen atoms in total. The highest BCUT2D eigenvalue weighted by molar-refractivity contribution is 6.35. The molecule has 1 N–H and O–H groups in total. The summed E-state index contributed by atoms with van der Waals surface area (Å²) in [5.74, 6) is -1.14. The number of carbonyl (C=O) groups is 3. The summed E-state index contributed by atoms with van der Waals surface area (Å²) in [6.45, 7) is 6.62. The van der Waals surface area contributed by atoms with E-state index in [0.29, 0.717) is 52.7 Å². The lowest BCUT2D eigenvalue weighted by molar-refractivity contribution is -0.124. The Balaban J connectivity index is 1.52. The average molecular weight is 609 g/mol. The molecule has 2 aliphatic rings. The van der Waals surface area contributed by atoms with Gasteiger partial charge in [0.15, 0.2) is 0 Å². The molecule has 0 bridgehead atoms. The van der Waals surface area contributed by atoms with E-state index in [-0.39, 0.29) is 24.4 Å². The number of rotatable bonds is 6. The minimum absolute atomic E-state index is 0.200. The molecule has 0 aromatic heterocycles. The first-order valence-corrected chi connectivity index (χ1v) is 14.9. The molecular weight excluding hydrogens is 573 g/mol. The number of nitrogens with one attached hydrogen (secondary N) is 1. The minimum Gasteiger partial charge on any atom is -0.444 e. The third-order valence-electron chi connectivity index (χ3n) is 7.70. The van der Waals surface area contributed by atoms with E-state index < -0.39 is 23.7 Å². The zero-order valence-electron chi connectivity index (χ0n) is 24.0. The van der Waals surface area contributed by atoms with Crippen molar-refractivity contribution < 1.29 is 19.1 Å². The van der Waals surface area contributed by atoms with Crippen LogP contribution >= 0.6 is 23.2 Å². The molecular formula is C33H35Cl2N3O4. The van der Waals surface area contributed by atoms with Crippen molar-refractivity contribution >= 4 is 41.1 Å². The van der Waals surface area contributed by atoms with Crippen molar-refractivity contribution in [1.82, 2.24) is 15.1 Å². The average Bonchev–Trinajstić information content (AvgIpc) is 3.43. The highest BCUT2D eigenvalue weighted by Gasteiger charge is 2.49. The SMILES string of the molecule is CC(C)(C)OC(=O)N1CC[C@H](N2C(=O)c3ccccc3C(C(=O)NCCc3ccccc3)C2c2ccc(Cl)cc2Cl)C1. The molecule has 3 aromatic rings. The van der Waals surface area contributed by atoms with E-state index in [1.807, 2.05) is 63.2 Å². The first-order chi connectivity index (χ1) is 20.0. The Morgan fingerprint density at radius 3 is 2.40 bits per heavy atom. The van der Waals surface area contributed by atoms with Crippen LogP contribution in [0.1, 0.15) is 66.2 Å². The van der Waals surface area contributed by atoms with Crippen molar-refractivity contribution in [2.75, 3.05) is 19.6 Å². The van der Waals surface area contributed by atoms with Gasteiger partial charge in [0.1, 0.15) is 5.60 Å². The summed E-state index contributed by atoms with van der Waals surface area (Å²) in [7, 11) is 0. The molecule has 1 saturated heterocycles. The van der Waals surface area contributed by atoms with Gasteiger partial charge < -0.3 is 19.9 Å². The number of likely N-dealkylation sites (tertiary alicyclic amines) is 1. The molecule has 2 unspecified atom stereocenters. The summed E-state index contributed by atoms with van der Waals surface area (Å²) in [4.78, 5) is 44.6. The van der Waals surface area contributed by atoms with Crippen LogP contribution in [0.15, 0.2) is 72.8 Å². The van der Waals surface area contributed by atoms with Crippen LogP contribution in [-0.4, -0.2) is 59.0 Å². The number of nitrogens with zero attached hydrogens (tertiary/aromatic N) is 2. The van der Waals surface area contributed by atoms with Crippen molar-refractivity contribution in [1.29, 1.82) is 0 Å². The molecule has 1 fully saturated rings. The second-order valence-corrected chi connectivity index (χ2v) is 12.6. The van der Waals surface area contributed by atoms with Crippen LogP contribution in [0.25, 0.3) is 0 Å². The van der Waals surface area contributed by atoms with Crippen molar-refractivity contribution in [3.05, 3.63) is 105 Å². The zero-order valence-corrected chi connectivity index (χ0v) is 25.5. The molecule has 3 aromatic carbocycles. The Labute approximate surface area is 256 Å². The largest absolute Gasteiger partial charge is 0.444 e. The molecule has 3 atom stereocenters. The Morgan fingerprint density at radius 1 is 0.976 bits per heavy atom. The first kappa shape index (κ1) is 29.9. The molecule has 0 spiro atoms. The molecule has 0 radical (unpaired) electrons. The highest BCUT2D eigenvalue weighted by atomic mass is 35.5. The van der Waals surface area contributed by atoms with E-state index in [2.05, 4.69) is 5.32 Å². The van der Waals surface area contributed by atoms with Gasteiger partial charge in [-0.3, -0.25) is 9.59 Å². The fraction of sp³-hybridized carbons (Fsp3) is 0.364. The molecule has 0 saturated carbocycles. The molecule has 3 amide bonds. The summed E-state index contributed by atoms with van der Waals surface area (Å²) in [6.07, 6.45) is 0.784. The Hall–Kier alpha value is -3.55. The fourth-order valence-electron chi connectivity index (χ4n) is 5.85. The maximum Gasteiger partial charge on any atom is 0.410 e. The van der Waals surface area contributed by atoms with Crippen LogP contribution < -0.4 is 5.32 Å². The third-order valence-corrected chi connectivity index (χ3v) is 8.27. The molecule has 0 aliphatic carbocycles. The van der Waals surface area contributed by atoms with Gasteiger partial charge in [0.2, 0.25) is 5.91 Å². The number of hydrogen-bond donors (Lipinski definition) is 1. The van der Waals surface area contributed by atoms with Gasteiger partial charge in [-0.05, 0) is 68.5 Å². The first-order valence-electron chi connectivity index (χ1n) is 14.2. The van der Waals surface area contributed by atoms with Crippen molar-refractivity contribution in [3.63, 3.8) is 0 Å². The van der Waals surface area contributed by atoms with Crippen LogP contribution in [-0.2, 0) is 16.0 Å². The van der Waals surface area contributed by atoms with Gasteiger partial charge >= 0.3 is 6.09 Å². The van der Waals surface area contributed by atoms with Gasteiger partial charge in [-0.1, -0.05) is 77.8 Å². The topological polar surface area (TPSA) is 79.0 Å². The zero-order chi connectivity index (χ0) is 30.0. The molecule has 2 heterocycles. The summed E-state index contributed by atoms with van der Waals surface area (Å²) >= 11 is 13.0. The number of carbonyl (C=O) groups excluding carboxylic acids is 3. The minimum atomic E-state index is -0.732. The Morgan fingerprint density at radius 2 is 1.69 bits per heavy atom. The smallest absolute Gasteiger partial charge is 0.410 e. The van der Waals surface area contributed by atoms with E-state index in [4.69, 9.17) is 27.9 Å². The van der Waals surface area contributed by atoms with E-state index in [1.165, 1.54) is 0 Å². The van der Waals surface area contributed by atoms with Crippen LogP contribution in [0.3, 0.4) is 0 Å². The van der Waals surface area contributed by atoms with E-state index in [9.17, 15) is 14.4 Å². The second-order valence-electron chi connectivity index (χ2n) is 11.8. The normalized spacial score (nSPS) is 20.3. The predicted octanol–water partition coefficient (Wildman–Crippen LogP) is 6.64. The van der Waals surface area contributed by atoms with Gasteiger partial charge in [0, 0.05) is 35.2 Å². The maximum atomic E-state index is 14.2. The lowest BCUT2D eigenvalue weighted by atomic mass is 9.78. The summed E-state index contributed by atoms with van der Waals surface area (Å²) in [5, 5.41) is 3.95. The van der Waals surface area contributed by atoms with Crippen LogP contribution in [0, 0.1) is 0 Å². The van der Waals surface area contributed by atoms with E-state index >= 15 is 0 Å². The van der Waals surface area contributed by atoms with E-state index in [0.717, 1.165) is 5.56 Å². The van der Waals surface area contributed by atoms with Gasteiger partial charge in [0.25, 0.3) is 5.91 Å². The van der Waals surface area contributed by atoms with Crippen LogP contribution in [0.5, 0.6) is 0 Å². The van der Waals surface area contributed by atoms with Crippen molar-refractivity contribution in [2.24, 2.45) is 0 Å². The molecule has 42 heavy (non-hydrogen) atoms. The number of halogens is 2. The number of benzene rings is 3. The monoisotopic (exact) mass is 607 g/mol. The maximum absolute atomic E-state index is 14.2. The second kappa shape index (κ2) is 12.4. The lowest BCUT2D eigenvalue weighted by Gasteiger charge is -2.45. The number of fused-ring (bicyclic) bond motifs is 1. The van der Waals surface area contributed by atoms with E-state index in [1.54, 1.807) is 40.1 Å². The van der Waals surface area contributed by atoms with Crippen molar-refractivity contribution in [2.45, 2.75) is 57.2 Å². The number of ether oxygens (including phenoxy) is 1. The van der Waals surface area contributed by atoms with Crippen molar-refractivity contribution in [3.8, 4) is 0 Å². The van der Waals surface area contributed by atoms with Gasteiger partial charge in [-0.25, -0.2) is 4.79 Å². The third kappa shape index (κ3) is 6.42. The quantitative estimate of drug-likeness (QED) is 0.340. The van der Waals surface area contributed by atoms with Crippen LogP contribution in [0.4, 0.5) is 4.79 Å². The number of amides is 3. The fourth-order valence-corrected chi connectivity index (χ4v) is 6.37. The van der Waals surface area contributed by atoms with Gasteiger partial charge in [0.05, 0.1) is 18.0 Å². The Kier molecular flexibility index (Phi) is 8.81. The summed E-state index contributed by atoms with van der Waals surface area (Å²) in [5.41, 5.74) is 2.22. The molecule has 5 rings (SSSR count). The van der Waals surface area contributed by atoms with Crippen LogP contribution in [0.2, 0.25) is 10.0 Å². The lowest BCUT2D eigenvalue weighted by Crippen LogP contribution is -2.52.